The highest BCUT2D eigenvalue weighted by Crippen LogP contribution is 2.06. The molecular formula is C15H26IN3O2S. The summed E-state index contributed by atoms with van der Waals surface area (Å²) in [6.07, 6.45) is 1.83. The highest BCUT2D eigenvalue weighted by molar-refractivity contribution is 14.0. The largest absolute Gasteiger partial charge is 0.356 e. The molecule has 0 radical (unpaired) electrons. The van der Waals surface area contributed by atoms with E-state index >= 15 is 0 Å². The maximum atomic E-state index is 11.1. The van der Waals surface area contributed by atoms with E-state index in [1.54, 1.807) is 7.05 Å². The van der Waals surface area contributed by atoms with Crippen LogP contribution >= 0.6 is 24.0 Å². The van der Waals surface area contributed by atoms with Crippen LogP contribution in [-0.4, -0.2) is 51.9 Å². The summed E-state index contributed by atoms with van der Waals surface area (Å²) in [5.41, 5.74) is 2.45. The molecule has 0 bridgehead atoms. The number of nitrogens with zero attached hydrogens (tertiary/aromatic N) is 2. The zero-order valence-electron chi connectivity index (χ0n) is 13.7. The highest BCUT2D eigenvalue weighted by Gasteiger charge is 2.07. The first kappa shape index (κ1) is 21.2. The summed E-state index contributed by atoms with van der Waals surface area (Å²) < 4.78 is 22.2. The molecule has 126 valence electrons. The summed E-state index contributed by atoms with van der Waals surface area (Å²) in [7, 11) is 0.796. The number of rotatable bonds is 6. The molecule has 0 fully saturated rings. The average Bonchev–Trinajstić information content (AvgIpc) is 2.40. The molecular weight excluding hydrogens is 413 g/mol. The second-order valence-corrected chi connectivity index (χ2v) is 7.56. The van der Waals surface area contributed by atoms with Crippen LogP contribution in [0.4, 0.5) is 0 Å². The van der Waals surface area contributed by atoms with E-state index in [0.29, 0.717) is 13.0 Å². The van der Waals surface area contributed by atoms with Crippen molar-refractivity contribution in [1.82, 2.24) is 10.2 Å². The molecule has 0 amide bonds. The Kier molecular flexibility index (Phi) is 9.66. The summed E-state index contributed by atoms with van der Waals surface area (Å²) in [5, 5.41) is 3.18. The molecule has 0 aliphatic heterocycles. The first-order valence-electron chi connectivity index (χ1n) is 6.97. The van der Waals surface area contributed by atoms with Crippen molar-refractivity contribution < 1.29 is 8.42 Å². The minimum absolute atomic E-state index is 0. The van der Waals surface area contributed by atoms with Crippen LogP contribution in [0.2, 0.25) is 0 Å². The molecule has 7 heteroatoms. The van der Waals surface area contributed by atoms with E-state index in [0.717, 1.165) is 12.5 Å². The number of guanidine groups is 1. The Morgan fingerprint density at radius 1 is 1.27 bits per heavy atom. The van der Waals surface area contributed by atoms with Crippen molar-refractivity contribution in [2.45, 2.75) is 19.9 Å². The Morgan fingerprint density at radius 2 is 1.86 bits per heavy atom. The molecule has 0 saturated heterocycles. The maximum Gasteiger partial charge on any atom is 0.193 e. The van der Waals surface area contributed by atoms with Crippen LogP contribution in [0.5, 0.6) is 0 Å². The van der Waals surface area contributed by atoms with Gasteiger partial charge in [-0.2, -0.15) is 0 Å². The second kappa shape index (κ2) is 10.0. The molecule has 1 aromatic carbocycles. The van der Waals surface area contributed by atoms with Gasteiger partial charge in [-0.05, 0) is 18.9 Å². The lowest BCUT2D eigenvalue weighted by Gasteiger charge is -2.22. The third-order valence-corrected chi connectivity index (χ3v) is 4.12. The fourth-order valence-electron chi connectivity index (χ4n) is 1.96. The fourth-order valence-corrected chi connectivity index (χ4v) is 2.63. The van der Waals surface area contributed by atoms with Crippen LogP contribution in [0.1, 0.15) is 17.5 Å². The van der Waals surface area contributed by atoms with Crippen molar-refractivity contribution in [3.63, 3.8) is 0 Å². The van der Waals surface area contributed by atoms with Gasteiger partial charge in [-0.3, -0.25) is 4.99 Å². The van der Waals surface area contributed by atoms with Crippen LogP contribution in [0.25, 0.3) is 0 Å². The van der Waals surface area contributed by atoms with E-state index in [9.17, 15) is 8.42 Å². The van der Waals surface area contributed by atoms with E-state index in [-0.39, 0.29) is 29.7 Å². The number of aliphatic imine (C=N–C) groups is 1. The monoisotopic (exact) mass is 439 g/mol. The molecule has 5 nitrogen and oxygen atoms in total. The van der Waals surface area contributed by atoms with Crippen LogP contribution in [0, 0.1) is 6.92 Å². The molecule has 0 unspecified atom stereocenters. The van der Waals surface area contributed by atoms with Gasteiger partial charge in [0.1, 0.15) is 9.84 Å². The number of nitrogens with one attached hydrogen (secondary N) is 1. The fraction of sp³-hybridized carbons (Fsp3) is 0.533. The topological polar surface area (TPSA) is 61.8 Å². The minimum Gasteiger partial charge on any atom is -0.356 e. The van der Waals surface area contributed by atoms with Crippen molar-refractivity contribution in [3.05, 3.63) is 35.4 Å². The van der Waals surface area contributed by atoms with Gasteiger partial charge in [0.25, 0.3) is 0 Å². The normalized spacial score (nSPS) is 11.7. The van der Waals surface area contributed by atoms with E-state index in [4.69, 9.17) is 0 Å². The van der Waals surface area contributed by atoms with Gasteiger partial charge in [-0.1, -0.05) is 29.8 Å². The highest BCUT2D eigenvalue weighted by atomic mass is 127. The molecule has 1 aromatic rings. The van der Waals surface area contributed by atoms with Gasteiger partial charge in [0.15, 0.2) is 5.96 Å². The molecule has 0 spiro atoms. The van der Waals surface area contributed by atoms with E-state index < -0.39 is 9.84 Å². The number of halogens is 1. The molecule has 22 heavy (non-hydrogen) atoms. The van der Waals surface area contributed by atoms with Gasteiger partial charge in [-0.25, -0.2) is 8.42 Å². The number of hydrogen-bond donors (Lipinski definition) is 1. The SMILES string of the molecule is CN=C(NCCCS(C)(=O)=O)N(C)Cc1ccc(C)cc1.I. The molecule has 0 aliphatic carbocycles. The van der Waals surface area contributed by atoms with Crippen LogP contribution < -0.4 is 5.32 Å². The van der Waals surface area contributed by atoms with Crippen molar-refractivity contribution >= 4 is 39.8 Å². The molecule has 0 aromatic heterocycles. The lowest BCUT2D eigenvalue weighted by molar-refractivity contribution is 0.476. The number of hydrogen-bond acceptors (Lipinski definition) is 3. The lowest BCUT2D eigenvalue weighted by Crippen LogP contribution is -2.39. The zero-order valence-corrected chi connectivity index (χ0v) is 16.8. The van der Waals surface area contributed by atoms with E-state index in [1.807, 2.05) is 11.9 Å². The Labute approximate surface area is 151 Å². The summed E-state index contributed by atoms with van der Waals surface area (Å²) in [4.78, 5) is 6.24. The van der Waals surface area contributed by atoms with Crippen LogP contribution in [0.3, 0.4) is 0 Å². The van der Waals surface area contributed by atoms with Gasteiger partial charge in [0.05, 0.1) is 5.75 Å². The predicted molar refractivity (Wildman–Crippen MR) is 104 cm³/mol. The van der Waals surface area contributed by atoms with Crippen LogP contribution in [0.15, 0.2) is 29.3 Å². The molecule has 0 heterocycles. The summed E-state index contributed by atoms with van der Waals surface area (Å²) in [6.45, 7) is 3.42. The standard InChI is InChI=1S/C15H25N3O2S.HI/c1-13-6-8-14(9-7-13)12-18(3)15(16-2)17-10-5-11-21(4,19)20;/h6-9H,5,10-12H2,1-4H3,(H,16,17);1H. The Bertz CT molecular complexity index is 571. The minimum atomic E-state index is -2.90. The Hall–Kier alpha value is -0.830. The van der Waals surface area contributed by atoms with Gasteiger partial charge in [0, 0.05) is 33.4 Å². The quantitative estimate of drug-likeness (QED) is 0.319. The Morgan fingerprint density at radius 3 is 2.36 bits per heavy atom. The van der Waals surface area contributed by atoms with Gasteiger partial charge in [0.2, 0.25) is 0 Å². The van der Waals surface area contributed by atoms with Crippen molar-refractivity contribution in [2.24, 2.45) is 4.99 Å². The average molecular weight is 439 g/mol. The second-order valence-electron chi connectivity index (χ2n) is 5.30. The first-order chi connectivity index (χ1) is 9.81. The number of benzene rings is 1. The van der Waals surface area contributed by atoms with E-state index in [1.165, 1.54) is 17.4 Å². The lowest BCUT2D eigenvalue weighted by atomic mass is 10.1. The third kappa shape index (κ3) is 8.57. The van der Waals surface area contributed by atoms with E-state index in [2.05, 4.69) is 41.5 Å². The van der Waals surface area contributed by atoms with Crippen LogP contribution in [-0.2, 0) is 16.4 Å². The molecule has 1 N–H and O–H groups in total. The van der Waals surface area contributed by atoms with Crippen molar-refractivity contribution in [3.8, 4) is 0 Å². The zero-order chi connectivity index (χ0) is 15.9. The van der Waals surface area contributed by atoms with Gasteiger partial charge in [-0.15, -0.1) is 24.0 Å². The Balaban J connectivity index is 0.00000441. The predicted octanol–water partition coefficient (Wildman–Crippen LogP) is 2.05. The van der Waals surface area contributed by atoms with Gasteiger partial charge >= 0.3 is 0 Å². The molecule has 0 aliphatic rings. The van der Waals surface area contributed by atoms with Gasteiger partial charge < -0.3 is 10.2 Å². The molecule has 0 atom stereocenters. The number of sulfone groups is 1. The van der Waals surface area contributed by atoms with Crippen molar-refractivity contribution in [1.29, 1.82) is 0 Å². The summed E-state index contributed by atoms with van der Waals surface area (Å²) >= 11 is 0. The summed E-state index contributed by atoms with van der Waals surface area (Å²) in [5.74, 6) is 0.961. The summed E-state index contributed by atoms with van der Waals surface area (Å²) in [6, 6.07) is 8.38. The number of aryl methyl sites for hydroxylation is 1. The molecule has 0 saturated carbocycles. The van der Waals surface area contributed by atoms with Crippen molar-refractivity contribution in [2.75, 3.05) is 32.6 Å². The smallest absolute Gasteiger partial charge is 0.193 e. The molecule has 1 rings (SSSR count). The third-order valence-electron chi connectivity index (χ3n) is 3.09. The first-order valence-corrected chi connectivity index (χ1v) is 9.03. The maximum absolute atomic E-state index is 11.1.